The van der Waals surface area contributed by atoms with Crippen molar-refractivity contribution in [3.05, 3.63) is 94.5 Å². The number of sulfonamides is 1. The molecular weight excluding hydrogens is 450 g/mol. The smallest absolute Gasteiger partial charge is 0.267 e. The monoisotopic (exact) mass is 469 g/mol. The topological polar surface area (TPSA) is 95.6 Å². The summed E-state index contributed by atoms with van der Waals surface area (Å²) in [5.41, 5.74) is 6.57. The van der Waals surface area contributed by atoms with Gasteiger partial charge in [-0.2, -0.15) is 0 Å². The van der Waals surface area contributed by atoms with Crippen LogP contribution in [-0.4, -0.2) is 26.3 Å². The fourth-order valence-electron chi connectivity index (χ4n) is 3.70. The molecule has 0 aliphatic carbocycles. The first kappa shape index (κ1) is 21.9. The van der Waals surface area contributed by atoms with E-state index in [1.165, 1.54) is 34.6 Å². The molecule has 0 bridgehead atoms. The zero-order chi connectivity index (χ0) is 22.9. The van der Waals surface area contributed by atoms with E-state index in [0.717, 1.165) is 5.56 Å². The highest BCUT2D eigenvalue weighted by Gasteiger charge is 2.36. The van der Waals surface area contributed by atoms with E-state index < -0.39 is 21.8 Å². The van der Waals surface area contributed by atoms with Crippen molar-refractivity contribution in [3.63, 3.8) is 0 Å². The number of anilines is 1. The second kappa shape index (κ2) is 8.64. The summed E-state index contributed by atoms with van der Waals surface area (Å²) >= 11 is 5.88. The normalized spacial score (nSPS) is 15.2. The molecule has 0 fully saturated rings. The van der Waals surface area contributed by atoms with Gasteiger partial charge in [0.15, 0.2) is 0 Å². The van der Waals surface area contributed by atoms with E-state index in [0.29, 0.717) is 17.1 Å². The minimum Gasteiger partial charge on any atom is -0.267 e. The number of benzene rings is 3. The van der Waals surface area contributed by atoms with E-state index >= 15 is 0 Å². The van der Waals surface area contributed by atoms with Gasteiger partial charge in [0, 0.05) is 22.2 Å². The van der Waals surface area contributed by atoms with E-state index in [1.54, 1.807) is 30.3 Å². The van der Waals surface area contributed by atoms with Gasteiger partial charge in [-0.25, -0.2) is 8.42 Å². The van der Waals surface area contributed by atoms with Gasteiger partial charge in [-0.15, -0.1) is 0 Å². The van der Waals surface area contributed by atoms with Crippen LogP contribution >= 0.6 is 11.6 Å². The van der Waals surface area contributed by atoms with E-state index in [1.807, 2.05) is 19.1 Å². The van der Waals surface area contributed by atoms with E-state index in [-0.39, 0.29) is 22.1 Å². The number of hydrogen-bond donors (Lipinski definition) is 2. The van der Waals surface area contributed by atoms with Gasteiger partial charge in [-0.05, 0) is 61.4 Å². The fraction of sp³-hybridized carbons (Fsp3) is 0.130. The molecule has 3 aromatic rings. The number of halogens is 1. The number of nitrogens with zero attached hydrogens (tertiary/aromatic N) is 1. The Morgan fingerprint density at radius 2 is 1.53 bits per heavy atom. The largest absolute Gasteiger partial charge is 0.269 e. The van der Waals surface area contributed by atoms with Gasteiger partial charge in [0.1, 0.15) is 0 Å². The number of hydrazine groups is 1. The molecule has 3 aromatic carbocycles. The maximum Gasteiger partial charge on any atom is 0.269 e. The van der Waals surface area contributed by atoms with Crippen molar-refractivity contribution in [1.29, 1.82) is 0 Å². The van der Waals surface area contributed by atoms with Gasteiger partial charge in [0.25, 0.3) is 21.8 Å². The van der Waals surface area contributed by atoms with Gasteiger partial charge < -0.3 is 0 Å². The molecule has 2 amide bonds. The van der Waals surface area contributed by atoms with Crippen molar-refractivity contribution >= 4 is 39.1 Å². The maximum atomic E-state index is 13.4. The highest BCUT2D eigenvalue weighted by molar-refractivity contribution is 7.92. The Morgan fingerprint density at radius 1 is 0.906 bits per heavy atom. The van der Waals surface area contributed by atoms with Crippen molar-refractivity contribution in [2.75, 3.05) is 4.31 Å². The molecule has 9 heteroatoms. The number of para-hydroxylation sites is 1. The Bertz CT molecular complexity index is 1310. The zero-order valence-electron chi connectivity index (χ0n) is 17.1. The maximum absolute atomic E-state index is 13.4. The van der Waals surface area contributed by atoms with Crippen LogP contribution in [0.4, 0.5) is 5.69 Å². The average Bonchev–Trinajstić information content (AvgIpc) is 3.13. The quantitative estimate of drug-likeness (QED) is 0.571. The minimum absolute atomic E-state index is 0.00475. The van der Waals surface area contributed by atoms with Crippen molar-refractivity contribution in [1.82, 2.24) is 10.9 Å². The summed E-state index contributed by atoms with van der Waals surface area (Å²) in [6.07, 6.45) is 0.616. The molecule has 164 valence electrons. The number of nitrogens with one attached hydrogen (secondary N) is 2. The molecular formula is C23H20ClN3O4S. The van der Waals surface area contributed by atoms with Gasteiger partial charge in [-0.1, -0.05) is 41.9 Å². The molecule has 2 N–H and O–H groups in total. The van der Waals surface area contributed by atoms with E-state index in [4.69, 9.17) is 11.6 Å². The Balaban J connectivity index is 1.53. The van der Waals surface area contributed by atoms with E-state index in [9.17, 15) is 18.0 Å². The second-order valence-electron chi connectivity index (χ2n) is 7.43. The Hall–Kier alpha value is -3.36. The molecule has 1 heterocycles. The average molecular weight is 470 g/mol. The van der Waals surface area contributed by atoms with Crippen LogP contribution in [0.3, 0.4) is 0 Å². The van der Waals surface area contributed by atoms with Crippen LogP contribution in [-0.2, 0) is 16.4 Å². The summed E-state index contributed by atoms with van der Waals surface area (Å²) in [6.45, 7) is 1.85. The van der Waals surface area contributed by atoms with Gasteiger partial charge in [0.05, 0.1) is 10.6 Å². The van der Waals surface area contributed by atoms with Crippen LogP contribution < -0.4 is 15.2 Å². The number of fused-ring (bicyclic) bond motifs is 1. The number of carbonyl (C=O) groups excluding carboxylic acids is 2. The first-order valence-electron chi connectivity index (χ1n) is 9.86. The molecule has 4 rings (SSSR count). The second-order valence-corrected chi connectivity index (χ2v) is 9.68. The molecule has 0 saturated carbocycles. The predicted molar refractivity (Wildman–Crippen MR) is 122 cm³/mol. The third kappa shape index (κ3) is 4.19. The molecule has 0 saturated heterocycles. The Labute approximate surface area is 191 Å². The number of carbonyl (C=O) groups is 2. The lowest BCUT2D eigenvalue weighted by molar-refractivity contribution is 0.0846. The highest BCUT2D eigenvalue weighted by Crippen LogP contribution is 2.36. The molecule has 1 unspecified atom stereocenters. The van der Waals surface area contributed by atoms with Crippen LogP contribution in [0, 0.1) is 0 Å². The van der Waals surface area contributed by atoms with Crippen molar-refractivity contribution < 1.29 is 18.0 Å². The molecule has 32 heavy (non-hydrogen) atoms. The van der Waals surface area contributed by atoms with Crippen molar-refractivity contribution in [2.24, 2.45) is 0 Å². The van der Waals surface area contributed by atoms with Crippen molar-refractivity contribution in [2.45, 2.75) is 24.3 Å². The van der Waals surface area contributed by atoms with Gasteiger partial charge >= 0.3 is 0 Å². The molecule has 0 aromatic heterocycles. The Morgan fingerprint density at radius 3 is 2.22 bits per heavy atom. The van der Waals surface area contributed by atoms with Crippen molar-refractivity contribution in [3.8, 4) is 0 Å². The summed E-state index contributed by atoms with van der Waals surface area (Å²) in [4.78, 5) is 24.7. The number of amides is 2. The summed E-state index contributed by atoms with van der Waals surface area (Å²) in [6, 6.07) is 19.1. The van der Waals surface area contributed by atoms with Crippen LogP contribution in [0.1, 0.15) is 33.2 Å². The van der Waals surface area contributed by atoms with E-state index in [2.05, 4.69) is 10.9 Å². The first-order chi connectivity index (χ1) is 15.3. The predicted octanol–water partition coefficient (Wildman–Crippen LogP) is 3.55. The zero-order valence-corrected chi connectivity index (χ0v) is 18.7. The SMILES string of the molecule is CC1Cc2ccccc2N1S(=O)(=O)c1cccc(C(=O)NNC(=O)c2cccc(Cl)c2)c1. The summed E-state index contributed by atoms with van der Waals surface area (Å²) < 4.78 is 28.1. The third-order valence-corrected chi connectivity index (χ3v) is 7.33. The van der Waals surface area contributed by atoms with Crippen LogP contribution in [0.25, 0.3) is 0 Å². The lowest BCUT2D eigenvalue weighted by Crippen LogP contribution is -2.41. The molecule has 0 spiro atoms. The van der Waals surface area contributed by atoms with Crippen LogP contribution in [0.15, 0.2) is 77.7 Å². The van der Waals surface area contributed by atoms with Crippen LogP contribution in [0.5, 0.6) is 0 Å². The lowest BCUT2D eigenvalue weighted by Gasteiger charge is -2.24. The third-order valence-electron chi connectivity index (χ3n) is 5.17. The van der Waals surface area contributed by atoms with Gasteiger partial charge in [0.2, 0.25) is 0 Å². The lowest BCUT2D eigenvalue weighted by atomic mass is 10.1. The van der Waals surface area contributed by atoms with Crippen LogP contribution in [0.2, 0.25) is 5.02 Å². The fourth-order valence-corrected chi connectivity index (χ4v) is 5.63. The molecule has 1 aliphatic rings. The Kier molecular flexibility index (Phi) is 5.90. The van der Waals surface area contributed by atoms with Gasteiger partial charge in [-0.3, -0.25) is 24.7 Å². The minimum atomic E-state index is -3.89. The highest BCUT2D eigenvalue weighted by atomic mass is 35.5. The molecule has 0 radical (unpaired) electrons. The molecule has 7 nitrogen and oxygen atoms in total. The molecule has 1 aliphatic heterocycles. The summed E-state index contributed by atoms with van der Waals surface area (Å²) in [5, 5.41) is 0.389. The standard InChI is InChI=1S/C23H20ClN3O4S/c1-15-12-16-6-2-3-11-21(16)27(15)32(30,31)20-10-5-8-18(14-20)23(29)26-25-22(28)17-7-4-9-19(24)13-17/h2-11,13-15H,12H2,1H3,(H,25,28)(H,26,29). The summed E-state index contributed by atoms with van der Waals surface area (Å²) in [5.74, 6) is -1.19. The number of rotatable bonds is 4. The number of hydrogen-bond acceptors (Lipinski definition) is 4. The summed E-state index contributed by atoms with van der Waals surface area (Å²) in [7, 11) is -3.89. The first-order valence-corrected chi connectivity index (χ1v) is 11.7. The molecule has 1 atom stereocenters.